The molecule has 2 heteroatoms. The van der Waals surface area contributed by atoms with Gasteiger partial charge in [0.15, 0.2) is 0 Å². The Bertz CT molecular complexity index is 348. The van der Waals surface area contributed by atoms with Gasteiger partial charge in [-0.05, 0) is 29.9 Å². The van der Waals surface area contributed by atoms with E-state index >= 15 is 0 Å². The predicted octanol–water partition coefficient (Wildman–Crippen LogP) is 3.36. The highest BCUT2D eigenvalue weighted by Gasteiger charge is 2.13. The zero-order valence-corrected chi connectivity index (χ0v) is 9.58. The molecular weight excluding hydrogens is 188 g/mol. The lowest BCUT2D eigenvalue weighted by atomic mass is 9.87. The molecule has 1 aromatic rings. The van der Waals surface area contributed by atoms with Gasteiger partial charge in [0.2, 0.25) is 0 Å². The van der Waals surface area contributed by atoms with Crippen molar-refractivity contribution in [1.82, 2.24) is 0 Å². The van der Waals surface area contributed by atoms with E-state index in [2.05, 4.69) is 20.8 Å². The van der Waals surface area contributed by atoms with E-state index in [1.807, 2.05) is 12.1 Å². The highest BCUT2D eigenvalue weighted by Crippen LogP contribution is 2.22. The molecule has 1 aromatic carbocycles. The monoisotopic (exact) mass is 206 g/mol. The summed E-state index contributed by atoms with van der Waals surface area (Å²) in [6.45, 7) is 6.49. The molecule has 0 fully saturated rings. The largest absolute Gasteiger partial charge is 0.478 e. The van der Waals surface area contributed by atoms with Crippen LogP contribution in [0.1, 0.15) is 43.1 Å². The number of aromatic carboxylic acids is 1. The molecule has 0 aromatic heterocycles. The Morgan fingerprint density at radius 1 is 1.27 bits per heavy atom. The molecule has 0 spiro atoms. The van der Waals surface area contributed by atoms with E-state index in [0.29, 0.717) is 5.56 Å². The number of hydrogen-bond acceptors (Lipinski definition) is 1. The van der Waals surface area contributed by atoms with Crippen LogP contribution in [0.25, 0.3) is 0 Å². The number of benzene rings is 1. The lowest BCUT2D eigenvalue weighted by molar-refractivity contribution is 0.0695. The zero-order valence-electron chi connectivity index (χ0n) is 9.58. The maximum absolute atomic E-state index is 10.9. The lowest BCUT2D eigenvalue weighted by Gasteiger charge is -2.18. The first-order valence-electron chi connectivity index (χ1n) is 5.21. The summed E-state index contributed by atoms with van der Waals surface area (Å²) in [5.41, 5.74) is 1.60. The van der Waals surface area contributed by atoms with E-state index in [1.54, 1.807) is 12.1 Å². The Morgan fingerprint density at radius 3 is 2.40 bits per heavy atom. The van der Waals surface area contributed by atoms with Crippen LogP contribution in [0.5, 0.6) is 0 Å². The Hall–Kier alpha value is -1.31. The molecule has 0 radical (unpaired) electrons. The van der Waals surface area contributed by atoms with E-state index in [1.165, 1.54) is 0 Å². The second-order valence-corrected chi connectivity index (χ2v) is 5.02. The minimum absolute atomic E-state index is 0.242. The fourth-order valence-electron chi connectivity index (χ4n) is 1.46. The van der Waals surface area contributed by atoms with Crippen molar-refractivity contribution in [3.8, 4) is 0 Å². The van der Waals surface area contributed by atoms with Crippen LogP contribution in [-0.4, -0.2) is 11.1 Å². The maximum Gasteiger partial charge on any atom is 0.335 e. The van der Waals surface area contributed by atoms with E-state index < -0.39 is 5.97 Å². The van der Waals surface area contributed by atoms with Crippen LogP contribution < -0.4 is 0 Å². The molecule has 0 atom stereocenters. The number of aryl methyl sites for hydroxylation is 1. The molecule has 0 aliphatic carbocycles. The molecule has 15 heavy (non-hydrogen) atoms. The maximum atomic E-state index is 10.9. The SMILES string of the molecule is CC(C)(C)CCc1ccccc1C(=O)O. The summed E-state index contributed by atoms with van der Waals surface area (Å²) < 4.78 is 0. The summed E-state index contributed by atoms with van der Waals surface area (Å²) in [6.07, 6.45) is 1.82. The molecule has 0 unspecified atom stereocenters. The second kappa shape index (κ2) is 4.47. The zero-order chi connectivity index (χ0) is 11.5. The predicted molar refractivity (Wildman–Crippen MR) is 61.2 cm³/mol. The van der Waals surface area contributed by atoms with Crippen LogP contribution in [0.2, 0.25) is 0 Å². The molecule has 0 saturated carbocycles. The van der Waals surface area contributed by atoms with Crippen LogP contribution >= 0.6 is 0 Å². The van der Waals surface area contributed by atoms with Gasteiger partial charge >= 0.3 is 5.97 Å². The first-order valence-corrected chi connectivity index (χ1v) is 5.21. The van der Waals surface area contributed by atoms with Crippen LogP contribution in [0.15, 0.2) is 24.3 Å². The molecule has 0 aliphatic heterocycles. The average Bonchev–Trinajstić information content (AvgIpc) is 2.14. The molecule has 0 saturated heterocycles. The molecular formula is C13H18O2. The van der Waals surface area contributed by atoms with Crippen molar-refractivity contribution in [3.05, 3.63) is 35.4 Å². The third-order valence-electron chi connectivity index (χ3n) is 2.39. The molecule has 0 heterocycles. The molecule has 0 bridgehead atoms. The fraction of sp³-hybridized carbons (Fsp3) is 0.462. The first-order chi connectivity index (χ1) is 6.90. The fourth-order valence-corrected chi connectivity index (χ4v) is 1.46. The minimum Gasteiger partial charge on any atom is -0.478 e. The van der Waals surface area contributed by atoms with Crippen molar-refractivity contribution in [2.45, 2.75) is 33.6 Å². The van der Waals surface area contributed by atoms with E-state index in [4.69, 9.17) is 5.11 Å². The average molecular weight is 206 g/mol. The Kier molecular flexibility index (Phi) is 3.51. The molecule has 1 N–H and O–H groups in total. The van der Waals surface area contributed by atoms with Crippen molar-refractivity contribution >= 4 is 5.97 Å². The van der Waals surface area contributed by atoms with Crippen molar-refractivity contribution in [1.29, 1.82) is 0 Å². The van der Waals surface area contributed by atoms with E-state index in [0.717, 1.165) is 18.4 Å². The van der Waals surface area contributed by atoms with Crippen LogP contribution in [0.4, 0.5) is 0 Å². The van der Waals surface area contributed by atoms with Gasteiger partial charge in [-0.3, -0.25) is 0 Å². The standard InChI is InChI=1S/C13H18O2/c1-13(2,3)9-8-10-6-4-5-7-11(10)12(14)15/h4-7H,8-9H2,1-3H3,(H,14,15). The third-order valence-corrected chi connectivity index (χ3v) is 2.39. The molecule has 2 nitrogen and oxygen atoms in total. The Labute approximate surface area is 90.9 Å². The summed E-state index contributed by atoms with van der Waals surface area (Å²) in [7, 11) is 0. The van der Waals surface area contributed by atoms with Gasteiger partial charge in [-0.2, -0.15) is 0 Å². The number of carbonyl (C=O) groups is 1. The van der Waals surface area contributed by atoms with Crippen molar-refractivity contribution in [2.24, 2.45) is 5.41 Å². The van der Waals surface area contributed by atoms with Gasteiger partial charge < -0.3 is 5.11 Å². The smallest absolute Gasteiger partial charge is 0.335 e. The summed E-state index contributed by atoms with van der Waals surface area (Å²) in [6, 6.07) is 7.23. The van der Waals surface area contributed by atoms with Crippen LogP contribution in [-0.2, 0) is 6.42 Å². The summed E-state index contributed by atoms with van der Waals surface area (Å²) in [5.74, 6) is -0.834. The third kappa shape index (κ3) is 3.74. The van der Waals surface area contributed by atoms with E-state index in [-0.39, 0.29) is 5.41 Å². The highest BCUT2D eigenvalue weighted by molar-refractivity contribution is 5.89. The highest BCUT2D eigenvalue weighted by atomic mass is 16.4. The second-order valence-electron chi connectivity index (χ2n) is 5.02. The topological polar surface area (TPSA) is 37.3 Å². The minimum atomic E-state index is -0.834. The molecule has 0 aliphatic rings. The van der Waals surface area contributed by atoms with Crippen molar-refractivity contribution in [3.63, 3.8) is 0 Å². The van der Waals surface area contributed by atoms with Gasteiger partial charge in [0.25, 0.3) is 0 Å². The van der Waals surface area contributed by atoms with Gasteiger partial charge in [0, 0.05) is 0 Å². The Balaban J connectivity index is 2.81. The van der Waals surface area contributed by atoms with Crippen LogP contribution in [0.3, 0.4) is 0 Å². The molecule has 1 rings (SSSR count). The number of rotatable bonds is 3. The number of carboxylic acid groups (broad SMARTS) is 1. The molecule has 82 valence electrons. The number of carboxylic acids is 1. The number of hydrogen-bond donors (Lipinski definition) is 1. The lowest BCUT2D eigenvalue weighted by Crippen LogP contribution is -2.09. The van der Waals surface area contributed by atoms with Gasteiger partial charge in [0.1, 0.15) is 0 Å². The van der Waals surface area contributed by atoms with Gasteiger partial charge in [-0.25, -0.2) is 4.79 Å². The first kappa shape index (κ1) is 11.8. The van der Waals surface area contributed by atoms with Crippen molar-refractivity contribution in [2.75, 3.05) is 0 Å². The van der Waals surface area contributed by atoms with Gasteiger partial charge in [-0.15, -0.1) is 0 Å². The van der Waals surface area contributed by atoms with Crippen molar-refractivity contribution < 1.29 is 9.90 Å². The quantitative estimate of drug-likeness (QED) is 0.823. The summed E-state index contributed by atoms with van der Waals surface area (Å²) >= 11 is 0. The Morgan fingerprint density at radius 2 is 1.87 bits per heavy atom. The summed E-state index contributed by atoms with van der Waals surface area (Å²) in [4.78, 5) is 10.9. The normalized spacial score (nSPS) is 11.4. The van der Waals surface area contributed by atoms with E-state index in [9.17, 15) is 4.79 Å². The van der Waals surface area contributed by atoms with Crippen LogP contribution in [0, 0.1) is 5.41 Å². The summed E-state index contributed by atoms with van der Waals surface area (Å²) in [5, 5.41) is 9.00. The van der Waals surface area contributed by atoms with Gasteiger partial charge in [0.05, 0.1) is 5.56 Å². The van der Waals surface area contributed by atoms with Gasteiger partial charge in [-0.1, -0.05) is 39.0 Å². The molecule has 0 amide bonds.